The second-order valence-corrected chi connectivity index (χ2v) is 9.41. The van der Waals surface area contributed by atoms with Gasteiger partial charge in [0, 0.05) is 35.9 Å². The number of nitrogens with zero attached hydrogens (tertiary/aromatic N) is 2. The third-order valence-corrected chi connectivity index (χ3v) is 6.63. The van der Waals surface area contributed by atoms with Gasteiger partial charge in [-0.3, -0.25) is 9.36 Å². The third kappa shape index (κ3) is 5.45. The fourth-order valence-corrected chi connectivity index (χ4v) is 5.03. The van der Waals surface area contributed by atoms with E-state index < -0.39 is 18.9 Å². The SMILES string of the molecule is CC(=O)O[C@@H]1COc2cc(N[C@@H]3COc4c3cccc4-n3c(C)nc4ccc(OCC(F)(F)F)cc43)ccc21.[H-].[Na+]. The average Bonchev–Trinajstić information content (AvgIpc) is 3.57. The van der Waals surface area contributed by atoms with Crippen LogP contribution in [0.4, 0.5) is 18.9 Å². The van der Waals surface area contributed by atoms with Crippen molar-refractivity contribution in [1.82, 2.24) is 9.55 Å². The molecule has 3 aromatic carbocycles. The van der Waals surface area contributed by atoms with Crippen LogP contribution in [0.25, 0.3) is 16.7 Å². The molecule has 6 rings (SSSR count). The smallest absolute Gasteiger partial charge is 1.00 e. The number of esters is 1. The first-order valence-electron chi connectivity index (χ1n) is 12.3. The normalized spacial score (nSPS) is 17.3. The number of para-hydroxylation sites is 1. The molecule has 0 bridgehead atoms. The van der Waals surface area contributed by atoms with Crippen LogP contribution in [0.3, 0.4) is 0 Å². The number of alkyl halides is 3. The Morgan fingerprint density at radius 1 is 1.12 bits per heavy atom. The molecule has 2 aliphatic heterocycles. The number of benzene rings is 3. The molecule has 8 nitrogen and oxygen atoms in total. The van der Waals surface area contributed by atoms with Crippen molar-refractivity contribution in [2.45, 2.75) is 32.2 Å². The van der Waals surface area contributed by atoms with Gasteiger partial charge >= 0.3 is 41.7 Å². The van der Waals surface area contributed by atoms with E-state index in [2.05, 4.69) is 10.3 Å². The Kier molecular flexibility index (Phi) is 7.64. The second kappa shape index (κ2) is 10.9. The molecule has 0 saturated heterocycles. The van der Waals surface area contributed by atoms with E-state index in [1.807, 2.05) is 47.9 Å². The van der Waals surface area contributed by atoms with E-state index in [1.165, 1.54) is 13.0 Å². The number of hydrogen-bond donors (Lipinski definition) is 1. The fourth-order valence-electron chi connectivity index (χ4n) is 5.03. The number of fused-ring (bicyclic) bond motifs is 3. The molecule has 0 radical (unpaired) electrons. The number of imidazole rings is 1. The zero-order chi connectivity index (χ0) is 27.3. The van der Waals surface area contributed by atoms with Crippen molar-refractivity contribution < 1.29 is 67.9 Å². The minimum atomic E-state index is -4.43. The van der Waals surface area contributed by atoms with Gasteiger partial charge in [0.2, 0.25) is 0 Å². The van der Waals surface area contributed by atoms with Crippen LogP contribution < -0.4 is 49.1 Å². The molecule has 40 heavy (non-hydrogen) atoms. The monoisotopic (exact) mass is 563 g/mol. The standard InChI is InChI=1S/C28H24F3N3O5.Na.H/c1-15-32-21-9-7-18(38-14-28(29,30)31)11-24(21)34(15)23-5-3-4-19-22(12-37-27(19)23)33-17-6-8-20-25(10-17)36-13-26(20)39-16(2)35;;/h3-11,22,26,33H,12-14H2,1-2H3;;/q;+1;-1/t22-,26-;;/m1../s1. The van der Waals surface area contributed by atoms with Crippen molar-refractivity contribution in [2.75, 3.05) is 25.1 Å². The molecule has 12 heteroatoms. The van der Waals surface area contributed by atoms with E-state index in [9.17, 15) is 18.0 Å². The Morgan fingerprint density at radius 2 is 1.95 bits per heavy atom. The second-order valence-electron chi connectivity index (χ2n) is 9.41. The molecule has 2 aliphatic rings. The summed E-state index contributed by atoms with van der Waals surface area (Å²) in [7, 11) is 0. The van der Waals surface area contributed by atoms with Gasteiger partial charge in [-0.25, -0.2) is 4.98 Å². The van der Waals surface area contributed by atoms with Crippen LogP contribution in [0, 0.1) is 6.92 Å². The van der Waals surface area contributed by atoms with E-state index in [4.69, 9.17) is 18.9 Å². The Bertz CT molecular complexity index is 1600. The number of carbonyl (C=O) groups excluding carboxylic acids is 1. The zero-order valence-corrected chi connectivity index (χ0v) is 24.0. The Labute approximate surface area is 251 Å². The molecule has 3 heterocycles. The number of carbonyl (C=O) groups is 1. The Hall–Kier alpha value is -3.41. The van der Waals surface area contributed by atoms with E-state index in [1.54, 1.807) is 12.1 Å². The van der Waals surface area contributed by atoms with Gasteiger partial charge in [0.15, 0.2) is 12.7 Å². The molecule has 0 unspecified atom stereocenters. The first-order chi connectivity index (χ1) is 18.7. The van der Waals surface area contributed by atoms with Gasteiger partial charge in [-0.1, -0.05) is 12.1 Å². The molecular weight excluding hydrogens is 538 g/mol. The molecule has 1 N–H and O–H groups in total. The molecular formula is C28H25F3N3NaO5. The molecule has 2 atom stereocenters. The summed E-state index contributed by atoms with van der Waals surface area (Å²) in [5.74, 6) is 1.71. The molecule has 0 aliphatic carbocycles. The number of halogens is 3. The van der Waals surface area contributed by atoms with Gasteiger partial charge in [0.05, 0.1) is 22.8 Å². The maximum absolute atomic E-state index is 12.7. The van der Waals surface area contributed by atoms with Crippen LogP contribution in [0.5, 0.6) is 17.2 Å². The van der Waals surface area contributed by atoms with Crippen LogP contribution in [0.1, 0.15) is 37.4 Å². The minimum absolute atomic E-state index is 0. The number of anilines is 1. The molecule has 0 amide bonds. The van der Waals surface area contributed by atoms with Crippen LogP contribution >= 0.6 is 0 Å². The number of nitrogens with one attached hydrogen (secondary N) is 1. The Morgan fingerprint density at radius 3 is 2.73 bits per heavy atom. The predicted molar refractivity (Wildman–Crippen MR) is 137 cm³/mol. The number of aromatic nitrogens is 2. The number of hydrogen-bond acceptors (Lipinski definition) is 7. The van der Waals surface area contributed by atoms with Crippen LogP contribution in [0.2, 0.25) is 0 Å². The summed E-state index contributed by atoms with van der Waals surface area (Å²) in [6.07, 6.45) is -4.85. The topological polar surface area (TPSA) is 83.8 Å². The number of rotatable bonds is 6. The van der Waals surface area contributed by atoms with E-state index in [-0.39, 0.29) is 55.4 Å². The summed E-state index contributed by atoms with van der Waals surface area (Å²) >= 11 is 0. The van der Waals surface area contributed by atoms with Gasteiger partial charge in [-0.2, -0.15) is 13.2 Å². The third-order valence-electron chi connectivity index (χ3n) is 6.63. The van der Waals surface area contributed by atoms with Crippen molar-refractivity contribution in [3.8, 4) is 22.9 Å². The van der Waals surface area contributed by atoms with Crippen molar-refractivity contribution in [3.63, 3.8) is 0 Å². The van der Waals surface area contributed by atoms with E-state index in [0.717, 1.165) is 22.5 Å². The summed E-state index contributed by atoms with van der Waals surface area (Å²) in [6, 6.07) is 15.9. The van der Waals surface area contributed by atoms with Gasteiger partial charge in [0.25, 0.3) is 0 Å². The van der Waals surface area contributed by atoms with Crippen molar-refractivity contribution >= 4 is 22.7 Å². The first-order valence-corrected chi connectivity index (χ1v) is 12.3. The van der Waals surface area contributed by atoms with Gasteiger partial charge in [-0.05, 0) is 37.3 Å². The molecule has 0 saturated carbocycles. The zero-order valence-electron chi connectivity index (χ0n) is 23.0. The fraction of sp³-hybridized carbons (Fsp3) is 0.286. The quantitative estimate of drug-likeness (QED) is 0.285. The molecule has 1 aromatic heterocycles. The Balaban J connectivity index is 0.00000194. The van der Waals surface area contributed by atoms with Gasteiger partial charge < -0.3 is 25.7 Å². The molecule has 0 fully saturated rings. The molecule has 4 aromatic rings. The van der Waals surface area contributed by atoms with Crippen molar-refractivity contribution in [3.05, 3.63) is 71.5 Å². The average molecular weight is 564 g/mol. The summed E-state index contributed by atoms with van der Waals surface area (Å²) in [4.78, 5) is 15.9. The predicted octanol–water partition coefficient (Wildman–Crippen LogP) is 2.93. The van der Waals surface area contributed by atoms with E-state index in [0.29, 0.717) is 35.0 Å². The van der Waals surface area contributed by atoms with Gasteiger partial charge in [-0.15, -0.1) is 0 Å². The molecule has 204 valence electrons. The van der Waals surface area contributed by atoms with Crippen LogP contribution in [0.15, 0.2) is 54.6 Å². The number of aryl methyl sites for hydroxylation is 1. The van der Waals surface area contributed by atoms with Crippen LogP contribution in [-0.2, 0) is 9.53 Å². The van der Waals surface area contributed by atoms with Crippen molar-refractivity contribution in [2.24, 2.45) is 0 Å². The number of ether oxygens (including phenoxy) is 4. The summed E-state index contributed by atoms with van der Waals surface area (Å²) in [5.41, 5.74) is 4.53. The van der Waals surface area contributed by atoms with Crippen molar-refractivity contribution in [1.29, 1.82) is 0 Å². The first kappa shape index (κ1) is 28.1. The van der Waals surface area contributed by atoms with E-state index >= 15 is 0 Å². The van der Waals surface area contributed by atoms with Gasteiger partial charge in [0.1, 0.15) is 36.3 Å². The maximum atomic E-state index is 12.7. The minimum Gasteiger partial charge on any atom is -1.00 e. The summed E-state index contributed by atoms with van der Waals surface area (Å²) < 4.78 is 62.1. The summed E-state index contributed by atoms with van der Waals surface area (Å²) in [5, 5.41) is 3.48. The summed E-state index contributed by atoms with van der Waals surface area (Å²) in [6.45, 7) is 2.47. The molecule has 0 spiro atoms. The largest absolute Gasteiger partial charge is 1.00 e. The van der Waals surface area contributed by atoms with Crippen LogP contribution in [-0.4, -0.2) is 41.5 Å². The maximum Gasteiger partial charge on any atom is 1.00 e.